The summed E-state index contributed by atoms with van der Waals surface area (Å²) in [4.78, 5) is 2.58. The van der Waals surface area contributed by atoms with Crippen molar-refractivity contribution in [3.63, 3.8) is 0 Å². The van der Waals surface area contributed by atoms with E-state index in [0.717, 1.165) is 18.0 Å². The van der Waals surface area contributed by atoms with Crippen LogP contribution in [0.25, 0.3) is 0 Å². The molecule has 1 saturated heterocycles. The van der Waals surface area contributed by atoms with Crippen LogP contribution in [0, 0.1) is 0 Å². The first-order valence-corrected chi connectivity index (χ1v) is 7.67. The molecule has 2 heterocycles. The van der Waals surface area contributed by atoms with Crippen molar-refractivity contribution in [1.29, 1.82) is 0 Å². The van der Waals surface area contributed by atoms with Crippen LogP contribution >= 0.6 is 0 Å². The Balaban J connectivity index is 1.85. The van der Waals surface area contributed by atoms with Crippen molar-refractivity contribution in [2.24, 2.45) is 5.73 Å². The Bertz CT molecular complexity index is 464. The maximum Gasteiger partial charge on any atom is 0.231 e. The molecule has 3 rings (SSSR count). The highest BCUT2D eigenvalue weighted by atomic mass is 16.7. The second-order valence-corrected chi connectivity index (χ2v) is 5.65. The van der Waals surface area contributed by atoms with Gasteiger partial charge in [0.1, 0.15) is 0 Å². The van der Waals surface area contributed by atoms with Gasteiger partial charge in [-0.25, -0.2) is 0 Å². The third-order valence-electron chi connectivity index (χ3n) is 4.61. The van der Waals surface area contributed by atoms with Crippen LogP contribution in [-0.4, -0.2) is 37.4 Å². The largest absolute Gasteiger partial charge is 0.454 e. The monoisotopic (exact) mass is 276 g/mol. The fourth-order valence-corrected chi connectivity index (χ4v) is 3.52. The smallest absolute Gasteiger partial charge is 0.231 e. The van der Waals surface area contributed by atoms with Crippen molar-refractivity contribution in [3.05, 3.63) is 23.8 Å². The number of benzene rings is 1. The minimum atomic E-state index is 0.330. The van der Waals surface area contributed by atoms with E-state index in [2.05, 4.69) is 24.0 Å². The van der Waals surface area contributed by atoms with E-state index in [9.17, 15) is 0 Å². The van der Waals surface area contributed by atoms with Gasteiger partial charge in [0.15, 0.2) is 11.5 Å². The predicted octanol–water partition coefficient (Wildman–Crippen LogP) is 2.33. The minimum absolute atomic E-state index is 0.330. The molecule has 2 aliphatic rings. The third-order valence-corrected chi connectivity index (χ3v) is 4.61. The molecule has 20 heavy (non-hydrogen) atoms. The summed E-state index contributed by atoms with van der Waals surface area (Å²) in [5, 5.41) is 0. The molecule has 1 fully saturated rings. The van der Waals surface area contributed by atoms with Gasteiger partial charge in [-0.3, -0.25) is 0 Å². The van der Waals surface area contributed by atoms with Gasteiger partial charge in [-0.15, -0.1) is 0 Å². The summed E-state index contributed by atoms with van der Waals surface area (Å²) in [6.45, 7) is 5.55. The first kappa shape index (κ1) is 13.7. The Kier molecular flexibility index (Phi) is 4.13. The molecule has 0 radical (unpaired) electrons. The average molecular weight is 276 g/mol. The number of hydrogen-bond acceptors (Lipinski definition) is 4. The summed E-state index contributed by atoms with van der Waals surface area (Å²) in [6.07, 6.45) is 3.86. The lowest BCUT2D eigenvalue weighted by Crippen LogP contribution is -2.45. The van der Waals surface area contributed by atoms with Crippen LogP contribution in [0.3, 0.4) is 0 Å². The molecule has 110 valence electrons. The Morgan fingerprint density at radius 3 is 2.95 bits per heavy atom. The van der Waals surface area contributed by atoms with E-state index < -0.39 is 0 Å². The van der Waals surface area contributed by atoms with Crippen molar-refractivity contribution < 1.29 is 9.47 Å². The molecule has 2 N–H and O–H groups in total. The maximum absolute atomic E-state index is 6.10. The maximum atomic E-state index is 6.10. The summed E-state index contributed by atoms with van der Waals surface area (Å²) >= 11 is 0. The predicted molar refractivity (Wildman–Crippen MR) is 79.2 cm³/mol. The highest BCUT2D eigenvalue weighted by Gasteiger charge is 2.30. The van der Waals surface area contributed by atoms with Crippen molar-refractivity contribution in [2.45, 2.75) is 38.1 Å². The topological polar surface area (TPSA) is 47.7 Å². The Labute approximate surface area is 120 Å². The van der Waals surface area contributed by atoms with Gasteiger partial charge in [-0.05, 0) is 43.6 Å². The van der Waals surface area contributed by atoms with E-state index >= 15 is 0 Å². The van der Waals surface area contributed by atoms with E-state index in [0.29, 0.717) is 25.3 Å². The van der Waals surface area contributed by atoms with Crippen LogP contribution in [0.5, 0.6) is 11.5 Å². The summed E-state index contributed by atoms with van der Waals surface area (Å²) in [5.74, 6) is 2.09. The van der Waals surface area contributed by atoms with E-state index in [1.807, 2.05) is 6.07 Å². The van der Waals surface area contributed by atoms with Crippen LogP contribution in [-0.2, 0) is 0 Å². The molecule has 1 aromatic rings. The first-order chi connectivity index (χ1) is 9.83. The lowest BCUT2D eigenvalue weighted by Gasteiger charge is -2.39. The van der Waals surface area contributed by atoms with Crippen LogP contribution in [0.1, 0.15) is 37.7 Å². The number of fused-ring (bicyclic) bond motifs is 1. The van der Waals surface area contributed by atoms with Gasteiger partial charge in [0.05, 0.1) is 0 Å². The van der Waals surface area contributed by atoms with Crippen LogP contribution in [0.15, 0.2) is 18.2 Å². The summed E-state index contributed by atoms with van der Waals surface area (Å²) in [7, 11) is 0. The number of likely N-dealkylation sites (tertiary alicyclic amines) is 1. The normalized spacial score (nSPS) is 23.8. The number of hydrogen-bond donors (Lipinski definition) is 1. The van der Waals surface area contributed by atoms with Crippen LogP contribution < -0.4 is 15.2 Å². The Hall–Kier alpha value is -1.26. The standard InChI is InChI=1S/C16H24N2O2/c1-2-18-8-4-3-5-14(18)13(10-17)12-6-7-15-16(9-12)20-11-19-15/h6-7,9,13-14H,2-5,8,10-11,17H2,1H3. The molecular weight excluding hydrogens is 252 g/mol. The molecule has 0 aliphatic carbocycles. The highest BCUT2D eigenvalue weighted by molar-refractivity contribution is 5.45. The van der Waals surface area contributed by atoms with Gasteiger partial charge >= 0.3 is 0 Å². The zero-order chi connectivity index (χ0) is 13.9. The lowest BCUT2D eigenvalue weighted by atomic mass is 9.85. The fourth-order valence-electron chi connectivity index (χ4n) is 3.52. The van der Waals surface area contributed by atoms with E-state index in [4.69, 9.17) is 15.2 Å². The van der Waals surface area contributed by atoms with Gasteiger partial charge in [-0.1, -0.05) is 19.4 Å². The quantitative estimate of drug-likeness (QED) is 0.917. The second kappa shape index (κ2) is 6.02. The average Bonchev–Trinajstić information content (AvgIpc) is 2.96. The molecule has 4 heteroatoms. The summed E-state index contributed by atoms with van der Waals surface area (Å²) < 4.78 is 10.9. The summed E-state index contributed by atoms with van der Waals surface area (Å²) in [5.41, 5.74) is 7.38. The van der Waals surface area contributed by atoms with Crippen molar-refractivity contribution >= 4 is 0 Å². The highest BCUT2D eigenvalue weighted by Crippen LogP contribution is 2.37. The molecular formula is C16H24N2O2. The molecule has 0 amide bonds. The van der Waals surface area contributed by atoms with Gasteiger partial charge in [0.25, 0.3) is 0 Å². The number of nitrogens with two attached hydrogens (primary N) is 1. The van der Waals surface area contributed by atoms with Crippen molar-refractivity contribution in [1.82, 2.24) is 4.90 Å². The molecule has 0 bridgehead atoms. The minimum Gasteiger partial charge on any atom is -0.454 e. The van der Waals surface area contributed by atoms with Crippen molar-refractivity contribution in [3.8, 4) is 11.5 Å². The van der Waals surface area contributed by atoms with E-state index in [-0.39, 0.29) is 0 Å². The summed E-state index contributed by atoms with van der Waals surface area (Å²) in [6, 6.07) is 6.83. The molecule has 0 spiro atoms. The second-order valence-electron chi connectivity index (χ2n) is 5.65. The number of nitrogens with zero attached hydrogens (tertiary/aromatic N) is 1. The number of piperidine rings is 1. The number of ether oxygens (including phenoxy) is 2. The molecule has 2 unspecified atom stereocenters. The molecule has 0 aromatic heterocycles. The zero-order valence-corrected chi connectivity index (χ0v) is 12.2. The molecule has 2 aliphatic heterocycles. The molecule has 0 saturated carbocycles. The number of rotatable bonds is 4. The third kappa shape index (κ3) is 2.50. The zero-order valence-electron chi connectivity index (χ0n) is 12.2. The SMILES string of the molecule is CCN1CCCCC1C(CN)c1ccc2c(c1)OCO2. The van der Waals surface area contributed by atoms with Gasteiger partial charge in [-0.2, -0.15) is 0 Å². The lowest BCUT2D eigenvalue weighted by molar-refractivity contribution is 0.134. The van der Waals surface area contributed by atoms with Gasteiger partial charge < -0.3 is 20.1 Å². The van der Waals surface area contributed by atoms with Crippen LogP contribution in [0.2, 0.25) is 0 Å². The van der Waals surface area contributed by atoms with Crippen molar-refractivity contribution in [2.75, 3.05) is 26.4 Å². The van der Waals surface area contributed by atoms with Crippen LogP contribution in [0.4, 0.5) is 0 Å². The Morgan fingerprint density at radius 2 is 2.15 bits per heavy atom. The molecule has 2 atom stereocenters. The van der Waals surface area contributed by atoms with E-state index in [1.165, 1.54) is 31.4 Å². The van der Waals surface area contributed by atoms with Gasteiger partial charge in [0, 0.05) is 18.5 Å². The van der Waals surface area contributed by atoms with Gasteiger partial charge in [0.2, 0.25) is 6.79 Å². The first-order valence-electron chi connectivity index (χ1n) is 7.67. The number of likely N-dealkylation sites (N-methyl/N-ethyl adjacent to an activating group) is 1. The van der Waals surface area contributed by atoms with E-state index in [1.54, 1.807) is 0 Å². The molecule has 1 aromatic carbocycles. The Morgan fingerprint density at radius 1 is 1.30 bits per heavy atom. The fraction of sp³-hybridized carbons (Fsp3) is 0.625. The molecule has 4 nitrogen and oxygen atoms in total.